The molecule has 4 aliphatic rings. The predicted octanol–water partition coefficient (Wildman–Crippen LogP) is 2.36. The predicted molar refractivity (Wildman–Crippen MR) is 66.7 cm³/mol. The van der Waals surface area contributed by atoms with Crippen LogP contribution >= 0.6 is 0 Å². The quantitative estimate of drug-likeness (QED) is 0.556. The fourth-order valence-corrected chi connectivity index (χ4v) is 4.27. The van der Waals surface area contributed by atoms with Crippen molar-refractivity contribution in [2.75, 3.05) is 0 Å². The molecule has 4 rings (SSSR count). The zero-order chi connectivity index (χ0) is 13.0. The van der Waals surface area contributed by atoms with E-state index in [2.05, 4.69) is 13.5 Å². The van der Waals surface area contributed by atoms with E-state index in [1.807, 2.05) is 0 Å². The molecule has 0 spiro atoms. The van der Waals surface area contributed by atoms with E-state index in [0.29, 0.717) is 29.1 Å². The highest BCUT2D eigenvalue weighted by molar-refractivity contribution is 5.89. The van der Waals surface area contributed by atoms with Crippen LogP contribution in [-0.4, -0.2) is 17.9 Å². The second-order valence-corrected chi connectivity index (χ2v) is 6.35. The van der Waals surface area contributed by atoms with Crippen molar-refractivity contribution in [2.24, 2.45) is 29.6 Å². The van der Waals surface area contributed by atoms with Crippen molar-refractivity contribution in [3.8, 4) is 0 Å². The topological polar surface area (TPSA) is 43.4 Å². The minimum Gasteiger partial charge on any atom is -0.458 e. The van der Waals surface area contributed by atoms with Gasteiger partial charge in [0.25, 0.3) is 0 Å². The molecule has 3 nitrogen and oxygen atoms in total. The molecule has 18 heavy (non-hydrogen) atoms. The highest BCUT2D eigenvalue weighted by atomic mass is 16.5. The molecule has 0 heterocycles. The summed E-state index contributed by atoms with van der Waals surface area (Å²) in [6.45, 7) is 7.47. The first-order valence-corrected chi connectivity index (χ1v) is 6.89. The molecule has 0 aromatic carbocycles. The third-order valence-electron chi connectivity index (χ3n) is 5.28. The molecule has 0 radical (unpaired) electrons. The Bertz CT molecular complexity index is 425. The lowest BCUT2D eigenvalue weighted by Gasteiger charge is -2.55. The van der Waals surface area contributed by atoms with Crippen LogP contribution < -0.4 is 0 Å². The van der Waals surface area contributed by atoms with E-state index in [4.69, 9.17) is 4.74 Å². The van der Waals surface area contributed by atoms with Crippen LogP contribution in [0.1, 0.15) is 33.1 Å². The van der Waals surface area contributed by atoms with Crippen LogP contribution in [0.25, 0.3) is 0 Å². The molecule has 0 N–H and O–H groups in total. The normalized spacial score (nSPS) is 45.1. The molecule has 0 aliphatic heterocycles. The summed E-state index contributed by atoms with van der Waals surface area (Å²) in [5, 5.41) is 0. The summed E-state index contributed by atoms with van der Waals surface area (Å²) in [6, 6.07) is 0. The van der Waals surface area contributed by atoms with Crippen LogP contribution in [0.3, 0.4) is 0 Å². The van der Waals surface area contributed by atoms with Gasteiger partial charge < -0.3 is 4.74 Å². The van der Waals surface area contributed by atoms with Crippen molar-refractivity contribution in [3.63, 3.8) is 0 Å². The van der Waals surface area contributed by atoms with Gasteiger partial charge in [0.15, 0.2) is 0 Å². The fraction of sp³-hybridized carbons (Fsp3) is 0.733. The third-order valence-corrected chi connectivity index (χ3v) is 5.28. The summed E-state index contributed by atoms with van der Waals surface area (Å²) in [5.41, 5.74) is 0.421. The van der Waals surface area contributed by atoms with Gasteiger partial charge in [0.2, 0.25) is 0 Å². The average molecular weight is 248 g/mol. The molecular weight excluding hydrogens is 228 g/mol. The molecule has 6 atom stereocenters. The van der Waals surface area contributed by atoms with Gasteiger partial charge >= 0.3 is 5.97 Å². The van der Waals surface area contributed by atoms with Crippen LogP contribution in [0.5, 0.6) is 0 Å². The van der Waals surface area contributed by atoms with Gasteiger partial charge in [-0.15, -0.1) is 0 Å². The Balaban J connectivity index is 1.81. The van der Waals surface area contributed by atoms with Crippen molar-refractivity contribution in [1.29, 1.82) is 0 Å². The Morgan fingerprint density at radius 1 is 1.22 bits per heavy atom. The van der Waals surface area contributed by atoms with Crippen molar-refractivity contribution in [2.45, 2.75) is 39.2 Å². The Morgan fingerprint density at radius 3 is 2.56 bits per heavy atom. The maximum absolute atomic E-state index is 12.3. The van der Waals surface area contributed by atoms with Crippen LogP contribution in [0.4, 0.5) is 0 Å². The largest absolute Gasteiger partial charge is 0.458 e. The summed E-state index contributed by atoms with van der Waals surface area (Å²) >= 11 is 0. The zero-order valence-corrected chi connectivity index (χ0v) is 11.0. The van der Waals surface area contributed by atoms with Crippen LogP contribution in [-0.2, 0) is 14.3 Å². The molecule has 4 aliphatic carbocycles. The van der Waals surface area contributed by atoms with Gasteiger partial charge in [-0.05, 0) is 43.9 Å². The van der Waals surface area contributed by atoms with Crippen LogP contribution in [0.15, 0.2) is 12.2 Å². The summed E-state index contributed by atoms with van der Waals surface area (Å²) < 4.78 is 5.54. The molecular formula is C15H20O3. The number of rotatable bonds is 2. The highest BCUT2D eigenvalue weighted by Gasteiger charge is 2.57. The first kappa shape index (κ1) is 11.9. The van der Waals surface area contributed by atoms with Crippen molar-refractivity contribution >= 4 is 11.8 Å². The summed E-state index contributed by atoms with van der Waals surface area (Å²) in [4.78, 5) is 24.0. The maximum Gasteiger partial charge on any atom is 0.333 e. The smallest absolute Gasteiger partial charge is 0.333 e. The standard InChI is InChI=1S/C15H20O3/c1-7(2)15(17)18-14-10-4-9-5-12(14)13(16)11(6-10)8(9)3/h8-12,14H,1,4-6H2,2-3H3. The lowest BCUT2D eigenvalue weighted by atomic mass is 9.50. The number of carbonyl (C=O) groups excluding carboxylic acids is 2. The van der Waals surface area contributed by atoms with E-state index in [1.54, 1.807) is 6.92 Å². The Morgan fingerprint density at radius 2 is 1.89 bits per heavy atom. The van der Waals surface area contributed by atoms with Crippen molar-refractivity contribution < 1.29 is 14.3 Å². The lowest BCUT2D eigenvalue weighted by Crippen LogP contribution is -2.58. The second-order valence-electron chi connectivity index (χ2n) is 6.35. The molecule has 0 aromatic heterocycles. The fourth-order valence-electron chi connectivity index (χ4n) is 4.27. The second kappa shape index (κ2) is 3.94. The van der Waals surface area contributed by atoms with Gasteiger partial charge in [-0.25, -0.2) is 4.79 Å². The van der Waals surface area contributed by atoms with Gasteiger partial charge in [-0.3, -0.25) is 4.79 Å². The van der Waals surface area contributed by atoms with E-state index in [1.165, 1.54) is 0 Å². The number of Topliss-reactive ketones (excluding diaryl/α,β-unsaturated/α-hetero) is 1. The average Bonchev–Trinajstić information content (AvgIpc) is 2.32. The van der Waals surface area contributed by atoms with Crippen molar-refractivity contribution in [3.05, 3.63) is 12.2 Å². The van der Waals surface area contributed by atoms with Crippen molar-refractivity contribution in [1.82, 2.24) is 0 Å². The summed E-state index contributed by atoms with van der Waals surface area (Å²) in [5.74, 6) is 1.79. The molecule has 0 amide bonds. The molecule has 98 valence electrons. The molecule has 6 unspecified atom stereocenters. The lowest BCUT2D eigenvalue weighted by molar-refractivity contribution is -0.178. The Hall–Kier alpha value is -1.12. The number of esters is 1. The Kier molecular flexibility index (Phi) is 2.61. The van der Waals surface area contributed by atoms with E-state index < -0.39 is 0 Å². The SMILES string of the molecule is C=C(C)C(=O)OC1C2CC3CC1C(=O)C(C2)C3C. The van der Waals surface area contributed by atoms with E-state index in [9.17, 15) is 9.59 Å². The van der Waals surface area contributed by atoms with Crippen LogP contribution in [0, 0.1) is 29.6 Å². The van der Waals surface area contributed by atoms with E-state index in [-0.39, 0.29) is 23.9 Å². The minimum atomic E-state index is -0.340. The van der Waals surface area contributed by atoms with Gasteiger partial charge in [0.05, 0.1) is 5.92 Å². The molecule has 0 aromatic rings. The number of hydrogen-bond donors (Lipinski definition) is 0. The van der Waals surface area contributed by atoms with E-state index >= 15 is 0 Å². The highest BCUT2D eigenvalue weighted by Crippen LogP contribution is 2.55. The summed E-state index contributed by atoms with van der Waals surface area (Å²) in [6.07, 6.45) is 2.78. The number of ketones is 1. The van der Waals surface area contributed by atoms with Crippen LogP contribution in [0.2, 0.25) is 0 Å². The molecule has 0 saturated heterocycles. The summed E-state index contributed by atoms with van der Waals surface area (Å²) in [7, 11) is 0. The minimum absolute atomic E-state index is 0.0352. The number of ether oxygens (including phenoxy) is 1. The number of carbonyl (C=O) groups is 2. The molecule has 4 fully saturated rings. The monoisotopic (exact) mass is 248 g/mol. The number of hydrogen-bond acceptors (Lipinski definition) is 3. The third kappa shape index (κ3) is 1.56. The molecule has 4 saturated carbocycles. The van der Waals surface area contributed by atoms with Gasteiger partial charge in [0, 0.05) is 11.5 Å². The van der Waals surface area contributed by atoms with E-state index in [0.717, 1.165) is 19.3 Å². The Labute approximate surface area is 108 Å². The first-order chi connectivity index (χ1) is 8.49. The van der Waals surface area contributed by atoms with Gasteiger partial charge in [-0.1, -0.05) is 13.5 Å². The molecule has 4 bridgehead atoms. The first-order valence-electron chi connectivity index (χ1n) is 6.89. The maximum atomic E-state index is 12.3. The zero-order valence-electron chi connectivity index (χ0n) is 11.0. The van der Waals surface area contributed by atoms with Gasteiger partial charge in [0.1, 0.15) is 11.9 Å². The van der Waals surface area contributed by atoms with Gasteiger partial charge in [-0.2, -0.15) is 0 Å². The molecule has 3 heteroatoms.